The molecule has 0 bridgehead atoms. The second-order valence-corrected chi connectivity index (χ2v) is 5.58. The minimum Gasteiger partial charge on any atom is -0.381 e. The van der Waals surface area contributed by atoms with Gasteiger partial charge in [-0.2, -0.15) is 13.2 Å². The SMILES string of the molecule is CCNC(c1ccc(C(F)(F)F)cc1C)C1CCCOC1. The summed E-state index contributed by atoms with van der Waals surface area (Å²) in [5, 5.41) is 3.41. The minimum absolute atomic E-state index is 0.0533. The number of aryl methyl sites for hydroxylation is 1. The molecule has 21 heavy (non-hydrogen) atoms. The van der Waals surface area contributed by atoms with Gasteiger partial charge in [0, 0.05) is 18.6 Å². The number of ether oxygens (including phenoxy) is 1. The Kier molecular flexibility index (Phi) is 5.27. The molecule has 118 valence electrons. The van der Waals surface area contributed by atoms with Crippen molar-refractivity contribution in [3.63, 3.8) is 0 Å². The maximum absolute atomic E-state index is 12.8. The van der Waals surface area contributed by atoms with Crippen molar-refractivity contribution in [3.05, 3.63) is 34.9 Å². The lowest BCUT2D eigenvalue weighted by molar-refractivity contribution is -0.137. The molecule has 0 aliphatic carbocycles. The molecule has 0 spiro atoms. The fourth-order valence-corrected chi connectivity index (χ4v) is 2.98. The summed E-state index contributed by atoms with van der Waals surface area (Å²) in [6, 6.07) is 4.08. The predicted molar refractivity (Wildman–Crippen MR) is 76.1 cm³/mol. The molecule has 2 atom stereocenters. The quantitative estimate of drug-likeness (QED) is 0.904. The number of halogens is 3. The topological polar surface area (TPSA) is 21.3 Å². The van der Waals surface area contributed by atoms with Gasteiger partial charge < -0.3 is 10.1 Å². The summed E-state index contributed by atoms with van der Waals surface area (Å²) in [4.78, 5) is 0. The van der Waals surface area contributed by atoms with Gasteiger partial charge in [-0.1, -0.05) is 13.0 Å². The van der Waals surface area contributed by atoms with Gasteiger partial charge in [-0.25, -0.2) is 0 Å². The van der Waals surface area contributed by atoms with Gasteiger partial charge in [0.15, 0.2) is 0 Å². The van der Waals surface area contributed by atoms with Gasteiger partial charge in [-0.05, 0) is 49.6 Å². The Hall–Kier alpha value is -1.07. The Morgan fingerprint density at radius 3 is 2.67 bits per heavy atom. The molecule has 2 nitrogen and oxygen atoms in total. The van der Waals surface area contributed by atoms with Crippen molar-refractivity contribution in [2.45, 2.75) is 38.9 Å². The van der Waals surface area contributed by atoms with Gasteiger partial charge in [0.1, 0.15) is 0 Å². The van der Waals surface area contributed by atoms with Crippen LogP contribution in [0, 0.1) is 12.8 Å². The molecule has 1 aromatic carbocycles. The largest absolute Gasteiger partial charge is 0.416 e. The van der Waals surface area contributed by atoms with Crippen LogP contribution in [0.25, 0.3) is 0 Å². The molecule has 1 heterocycles. The van der Waals surface area contributed by atoms with Crippen LogP contribution in [0.2, 0.25) is 0 Å². The first-order valence-corrected chi connectivity index (χ1v) is 7.42. The van der Waals surface area contributed by atoms with Crippen LogP contribution >= 0.6 is 0 Å². The average molecular weight is 301 g/mol. The second-order valence-electron chi connectivity index (χ2n) is 5.58. The third kappa shape index (κ3) is 3.98. The molecule has 0 radical (unpaired) electrons. The zero-order chi connectivity index (χ0) is 15.5. The first-order valence-electron chi connectivity index (χ1n) is 7.42. The number of hydrogen-bond donors (Lipinski definition) is 1. The van der Waals surface area contributed by atoms with Crippen molar-refractivity contribution in [3.8, 4) is 0 Å². The lowest BCUT2D eigenvalue weighted by atomic mass is 9.86. The lowest BCUT2D eigenvalue weighted by Gasteiger charge is -2.32. The molecule has 2 rings (SSSR count). The van der Waals surface area contributed by atoms with Gasteiger partial charge in [-0.3, -0.25) is 0 Å². The predicted octanol–water partition coefficient (Wildman–Crippen LogP) is 4.09. The van der Waals surface area contributed by atoms with Crippen molar-refractivity contribution >= 4 is 0 Å². The average Bonchev–Trinajstić information content (AvgIpc) is 2.45. The third-order valence-corrected chi connectivity index (χ3v) is 4.02. The van der Waals surface area contributed by atoms with Crippen LogP contribution in [0.15, 0.2) is 18.2 Å². The van der Waals surface area contributed by atoms with Gasteiger partial charge in [0.2, 0.25) is 0 Å². The first kappa shape index (κ1) is 16.3. The maximum atomic E-state index is 12.8. The smallest absolute Gasteiger partial charge is 0.381 e. The zero-order valence-corrected chi connectivity index (χ0v) is 12.5. The molecule has 1 aromatic rings. The van der Waals surface area contributed by atoms with E-state index in [4.69, 9.17) is 4.74 Å². The number of alkyl halides is 3. The molecule has 5 heteroatoms. The standard InChI is InChI=1S/C16H22F3NO/c1-3-20-15(12-5-4-8-21-10-12)14-7-6-13(9-11(14)2)16(17,18)19/h6-7,9,12,15,20H,3-5,8,10H2,1-2H3. The van der Waals surface area contributed by atoms with Crippen LogP contribution in [0.3, 0.4) is 0 Å². The van der Waals surface area contributed by atoms with Gasteiger partial charge >= 0.3 is 6.18 Å². The van der Waals surface area contributed by atoms with E-state index in [1.54, 1.807) is 13.0 Å². The van der Waals surface area contributed by atoms with Crippen molar-refractivity contribution in [1.82, 2.24) is 5.32 Å². The number of rotatable bonds is 4. The van der Waals surface area contributed by atoms with Crippen molar-refractivity contribution in [1.29, 1.82) is 0 Å². The van der Waals surface area contributed by atoms with Crippen molar-refractivity contribution < 1.29 is 17.9 Å². The highest BCUT2D eigenvalue weighted by Crippen LogP contribution is 2.35. The van der Waals surface area contributed by atoms with E-state index in [1.165, 1.54) is 12.1 Å². The van der Waals surface area contributed by atoms with E-state index in [1.807, 2.05) is 6.92 Å². The lowest BCUT2D eigenvalue weighted by Crippen LogP contribution is -2.33. The van der Waals surface area contributed by atoms with Crippen molar-refractivity contribution in [2.75, 3.05) is 19.8 Å². The molecule has 1 aliphatic heterocycles. The summed E-state index contributed by atoms with van der Waals surface area (Å²) in [6.45, 7) is 5.98. The molecular formula is C16H22F3NO. The van der Waals surface area contributed by atoms with E-state index >= 15 is 0 Å². The second kappa shape index (κ2) is 6.79. The van der Waals surface area contributed by atoms with Crippen LogP contribution in [-0.2, 0) is 10.9 Å². The van der Waals surface area contributed by atoms with Gasteiger partial charge in [0.05, 0.1) is 12.2 Å². The molecule has 1 aliphatic rings. The summed E-state index contributed by atoms with van der Waals surface area (Å²) in [5.74, 6) is 0.314. The molecule has 1 fully saturated rings. The number of benzene rings is 1. The summed E-state index contributed by atoms with van der Waals surface area (Å²) >= 11 is 0. The Bertz CT molecular complexity index is 467. The van der Waals surface area contributed by atoms with Crippen molar-refractivity contribution in [2.24, 2.45) is 5.92 Å². The van der Waals surface area contributed by atoms with E-state index in [2.05, 4.69) is 5.32 Å². The summed E-state index contributed by atoms with van der Waals surface area (Å²) in [5.41, 5.74) is 1.04. The number of hydrogen-bond acceptors (Lipinski definition) is 2. The summed E-state index contributed by atoms with van der Waals surface area (Å²) in [7, 11) is 0. The highest BCUT2D eigenvalue weighted by molar-refractivity contribution is 5.35. The molecule has 0 saturated carbocycles. The fourth-order valence-electron chi connectivity index (χ4n) is 2.98. The highest BCUT2D eigenvalue weighted by atomic mass is 19.4. The molecule has 2 unspecified atom stereocenters. The van der Waals surface area contributed by atoms with E-state index in [9.17, 15) is 13.2 Å². The van der Waals surface area contributed by atoms with Gasteiger partial charge in [-0.15, -0.1) is 0 Å². The summed E-state index contributed by atoms with van der Waals surface area (Å²) < 4.78 is 43.8. The Morgan fingerprint density at radius 2 is 2.14 bits per heavy atom. The van der Waals surface area contributed by atoms with E-state index in [0.717, 1.165) is 31.6 Å². The molecule has 0 aromatic heterocycles. The van der Waals surface area contributed by atoms with Crippen LogP contribution in [0.4, 0.5) is 13.2 Å². The van der Waals surface area contributed by atoms with E-state index < -0.39 is 11.7 Å². The normalized spacial score (nSPS) is 21.3. The highest BCUT2D eigenvalue weighted by Gasteiger charge is 2.32. The monoisotopic (exact) mass is 301 g/mol. The summed E-state index contributed by atoms with van der Waals surface area (Å²) in [6.07, 6.45) is -2.24. The van der Waals surface area contributed by atoms with Crippen LogP contribution in [0.1, 0.15) is 42.5 Å². The fraction of sp³-hybridized carbons (Fsp3) is 0.625. The molecule has 1 saturated heterocycles. The molecular weight excluding hydrogens is 279 g/mol. The van der Waals surface area contributed by atoms with Crippen LogP contribution < -0.4 is 5.32 Å². The first-order chi connectivity index (χ1) is 9.93. The minimum atomic E-state index is -4.29. The van der Waals surface area contributed by atoms with Gasteiger partial charge in [0.25, 0.3) is 0 Å². The van der Waals surface area contributed by atoms with E-state index in [-0.39, 0.29) is 6.04 Å². The third-order valence-electron chi connectivity index (χ3n) is 4.02. The Morgan fingerprint density at radius 1 is 1.38 bits per heavy atom. The van der Waals surface area contributed by atoms with E-state index in [0.29, 0.717) is 18.1 Å². The zero-order valence-electron chi connectivity index (χ0n) is 12.5. The Labute approximate surface area is 123 Å². The maximum Gasteiger partial charge on any atom is 0.416 e. The Balaban J connectivity index is 2.27. The number of nitrogens with one attached hydrogen (secondary N) is 1. The molecule has 0 amide bonds. The van der Waals surface area contributed by atoms with Crippen LogP contribution in [-0.4, -0.2) is 19.8 Å². The van der Waals surface area contributed by atoms with Crippen LogP contribution in [0.5, 0.6) is 0 Å². The molecule has 1 N–H and O–H groups in total.